The van der Waals surface area contributed by atoms with Crippen LogP contribution in [0.5, 0.6) is 0 Å². The molecule has 0 fully saturated rings. The summed E-state index contributed by atoms with van der Waals surface area (Å²) >= 11 is 0. The smallest absolute Gasteiger partial charge is 0.298 e. The van der Waals surface area contributed by atoms with E-state index in [2.05, 4.69) is 65.9 Å². The number of fused-ring (bicyclic) bond motifs is 4. The van der Waals surface area contributed by atoms with Crippen LogP contribution in [0.4, 0.5) is 31.5 Å². The Kier molecular flexibility index (Phi) is 6.65. The summed E-state index contributed by atoms with van der Waals surface area (Å²) in [6, 6.07) is 42.2. The lowest BCUT2D eigenvalue weighted by molar-refractivity contribution is 0.0430. The van der Waals surface area contributed by atoms with Gasteiger partial charge in [-0.2, -0.15) is 8.78 Å². The van der Waals surface area contributed by atoms with E-state index in [-0.39, 0.29) is 16.5 Å². The molecule has 0 spiro atoms. The third kappa shape index (κ3) is 4.83. The number of pyridine rings is 1. The van der Waals surface area contributed by atoms with E-state index in [0.717, 1.165) is 33.4 Å². The summed E-state index contributed by atoms with van der Waals surface area (Å²) < 4.78 is 35.1. The molecule has 0 aliphatic carbocycles. The van der Waals surface area contributed by atoms with Gasteiger partial charge in [-0.1, -0.05) is 93.6 Å². The number of para-hydroxylation sites is 3. The summed E-state index contributed by atoms with van der Waals surface area (Å²) in [7, 11) is 0. The SMILES string of the molecule is CC(C)(C)c1ccc(N2CN(c3cccc(C(F)(F)c4ccc5c6ccccc6n(-c6ccccn6)c5c4)c3)c3ccccc32)cc1. The number of rotatable bonds is 5. The molecule has 0 N–H and O–H groups in total. The maximum atomic E-state index is 16.6. The molecule has 8 rings (SSSR count). The van der Waals surface area contributed by atoms with Crippen LogP contribution in [0.25, 0.3) is 27.6 Å². The van der Waals surface area contributed by atoms with E-state index in [1.54, 1.807) is 30.5 Å². The van der Waals surface area contributed by atoms with Crippen LogP contribution in [-0.4, -0.2) is 16.2 Å². The molecule has 0 saturated carbocycles. The summed E-state index contributed by atoms with van der Waals surface area (Å²) in [5.74, 6) is -2.55. The van der Waals surface area contributed by atoms with Crippen molar-refractivity contribution in [3.05, 3.63) is 156 Å². The number of halogens is 2. The maximum Gasteiger partial charge on any atom is 0.298 e. The highest BCUT2D eigenvalue weighted by Gasteiger charge is 2.36. The first-order chi connectivity index (χ1) is 22.7. The summed E-state index contributed by atoms with van der Waals surface area (Å²) in [6.07, 6.45) is 1.72. The van der Waals surface area contributed by atoms with E-state index in [1.807, 2.05) is 77.4 Å². The first-order valence-corrected chi connectivity index (χ1v) is 15.9. The van der Waals surface area contributed by atoms with Crippen LogP contribution in [-0.2, 0) is 11.3 Å². The fraction of sp³-hybridized carbons (Fsp3) is 0.146. The summed E-state index contributed by atoms with van der Waals surface area (Å²) in [6.45, 7) is 7.13. The van der Waals surface area contributed by atoms with Crippen molar-refractivity contribution in [1.82, 2.24) is 9.55 Å². The molecular formula is C41H34F2N4. The lowest BCUT2D eigenvalue weighted by Crippen LogP contribution is -2.24. The highest BCUT2D eigenvalue weighted by molar-refractivity contribution is 6.09. The zero-order valence-electron chi connectivity index (χ0n) is 26.5. The zero-order valence-corrected chi connectivity index (χ0v) is 26.5. The van der Waals surface area contributed by atoms with Crippen molar-refractivity contribution in [3.63, 3.8) is 0 Å². The van der Waals surface area contributed by atoms with Gasteiger partial charge in [-0.05, 0) is 71.6 Å². The van der Waals surface area contributed by atoms with E-state index in [4.69, 9.17) is 0 Å². The van der Waals surface area contributed by atoms with Crippen LogP contribution < -0.4 is 9.80 Å². The first kappa shape index (κ1) is 28.9. The Hall–Kier alpha value is -5.49. The summed E-state index contributed by atoms with van der Waals surface area (Å²) in [5, 5.41) is 1.90. The second-order valence-electron chi connectivity index (χ2n) is 13.2. The third-order valence-corrected chi connectivity index (χ3v) is 9.23. The predicted molar refractivity (Wildman–Crippen MR) is 189 cm³/mol. The van der Waals surface area contributed by atoms with Gasteiger partial charge in [0.25, 0.3) is 5.92 Å². The van der Waals surface area contributed by atoms with Crippen molar-refractivity contribution < 1.29 is 8.78 Å². The number of hydrogen-bond donors (Lipinski definition) is 0. The Morgan fingerprint density at radius 1 is 0.553 bits per heavy atom. The number of benzene rings is 5. The standard InChI is InChI=1S/C41H34F2N4/c1-40(2,3)28-18-21-31(22-19-28)45-27-46(37-16-7-6-15-36(37)45)32-12-10-11-29(25-32)41(42,43)30-20-23-34-33-13-4-5-14-35(33)47(38(34)26-30)39-17-8-9-24-44-39/h4-26H,27H2,1-3H3. The van der Waals surface area contributed by atoms with Crippen LogP contribution in [0.15, 0.2) is 140 Å². The number of alkyl halides is 2. The van der Waals surface area contributed by atoms with Crippen molar-refractivity contribution in [2.75, 3.05) is 16.5 Å². The lowest BCUT2D eigenvalue weighted by Gasteiger charge is -2.25. The molecule has 0 radical (unpaired) electrons. The van der Waals surface area contributed by atoms with E-state index < -0.39 is 5.92 Å². The van der Waals surface area contributed by atoms with Crippen molar-refractivity contribution in [2.45, 2.75) is 32.1 Å². The maximum absolute atomic E-state index is 16.6. The van der Waals surface area contributed by atoms with E-state index in [9.17, 15) is 0 Å². The molecule has 5 aromatic carbocycles. The van der Waals surface area contributed by atoms with E-state index in [1.165, 1.54) is 11.6 Å². The van der Waals surface area contributed by atoms with Gasteiger partial charge in [0.2, 0.25) is 0 Å². The van der Waals surface area contributed by atoms with Gasteiger partial charge in [-0.3, -0.25) is 4.57 Å². The van der Waals surface area contributed by atoms with Gasteiger partial charge in [0.05, 0.1) is 22.4 Å². The Labute approximate surface area is 273 Å². The van der Waals surface area contributed by atoms with Crippen LogP contribution >= 0.6 is 0 Å². The van der Waals surface area contributed by atoms with Gasteiger partial charge in [0.15, 0.2) is 0 Å². The monoisotopic (exact) mass is 620 g/mol. The first-order valence-electron chi connectivity index (χ1n) is 15.9. The number of nitrogens with zero attached hydrogens (tertiary/aromatic N) is 4. The Balaban J connectivity index is 1.18. The normalized spacial score (nSPS) is 13.5. The fourth-order valence-corrected chi connectivity index (χ4v) is 6.73. The molecule has 6 heteroatoms. The number of aromatic nitrogens is 2. The van der Waals surface area contributed by atoms with E-state index >= 15 is 8.78 Å². The second kappa shape index (κ2) is 10.8. The van der Waals surface area contributed by atoms with Crippen molar-refractivity contribution in [3.8, 4) is 5.82 Å². The average Bonchev–Trinajstić information content (AvgIpc) is 3.65. The van der Waals surface area contributed by atoms with Gasteiger partial charge in [-0.25, -0.2) is 4.98 Å². The molecule has 0 amide bonds. The molecule has 0 saturated heterocycles. The van der Waals surface area contributed by atoms with Crippen molar-refractivity contribution in [2.24, 2.45) is 0 Å². The van der Waals surface area contributed by atoms with Crippen LogP contribution in [0.3, 0.4) is 0 Å². The van der Waals surface area contributed by atoms with Crippen LogP contribution in [0, 0.1) is 0 Å². The molecule has 2 aromatic heterocycles. The molecular weight excluding hydrogens is 586 g/mol. The van der Waals surface area contributed by atoms with E-state index in [0.29, 0.717) is 23.7 Å². The molecule has 7 aromatic rings. The molecule has 4 nitrogen and oxygen atoms in total. The third-order valence-electron chi connectivity index (χ3n) is 9.23. The molecule has 3 heterocycles. The minimum absolute atomic E-state index is 0.0543. The quantitative estimate of drug-likeness (QED) is 0.191. The van der Waals surface area contributed by atoms with Gasteiger partial charge in [0, 0.05) is 39.5 Å². The minimum Gasteiger partial charge on any atom is -0.321 e. The average molecular weight is 621 g/mol. The molecule has 1 aliphatic heterocycles. The highest BCUT2D eigenvalue weighted by Crippen LogP contribution is 2.46. The topological polar surface area (TPSA) is 24.3 Å². The van der Waals surface area contributed by atoms with Crippen molar-refractivity contribution in [1.29, 1.82) is 0 Å². The number of anilines is 4. The zero-order chi connectivity index (χ0) is 32.3. The predicted octanol–water partition coefficient (Wildman–Crippen LogP) is 10.9. The Bertz CT molecular complexity index is 2250. The molecule has 0 atom stereocenters. The largest absolute Gasteiger partial charge is 0.321 e. The fourth-order valence-electron chi connectivity index (χ4n) is 6.73. The lowest BCUT2D eigenvalue weighted by atomic mass is 9.87. The molecule has 232 valence electrons. The molecule has 0 unspecified atom stereocenters. The summed E-state index contributed by atoms with van der Waals surface area (Å²) in [5.41, 5.74) is 6.62. The van der Waals surface area contributed by atoms with Gasteiger partial charge >= 0.3 is 0 Å². The second-order valence-corrected chi connectivity index (χ2v) is 13.2. The van der Waals surface area contributed by atoms with Crippen LogP contribution in [0.2, 0.25) is 0 Å². The minimum atomic E-state index is -3.24. The van der Waals surface area contributed by atoms with Gasteiger partial charge in [-0.15, -0.1) is 0 Å². The molecule has 1 aliphatic rings. The van der Waals surface area contributed by atoms with Gasteiger partial charge in [0.1, 0.15) is 12.5 Å². The number of hydrogen-bond acceptors (Lipinski definition) is 3. The molecule has 0 bridgehead atoms. The van der Waals surface area contributed by atoms with Gasteiger partial charge < -0.3 is 9.80 Å². The Morgan fingerprint density at radius 3 is 1.91 bits per heavy atom. The summed E-state index contributed by atoms with van der Waals surface area (Å²) in [4.78, 5) is 8.89. The highest BCUT2D eigenvalue weighted by atomic mass is 19.3. The van der Waals surface area contributed by atoms with Crippen LogP contribution in [0.1, 0.15) is 37.5 Å². The van der Waals surface area contributed by atoms with Crippen molar-refractivity contribution >= 4 is 44.6 Å². The molecule has 47 heavy (non-hydrogen) atoms. The Morgan fingerprint density at radius 2 is 1.19 bits per heavy atom.